The van der Waals surface area contributed by atoms with E-state index in [1.54, 1.807) is 25.1 Å². The van der Waals surface area contributed by atoms with E-state index in [9.17, 15) is 9.90 Å². The molecule has 2 aromatic rings. The van der Waals surface area contributed by atoms with Crippen LogP contribution in [0, 0.1) is 0 Å². The van der Waals surface area contributed by atoms with Crippen molar-refractivity contribution in [3.8, 4) is 5.75 Å². The Bertz CT molecular complexity index is 716. The average Bonchev–Trinajstić information content (AvgIpc) is 2.47. The fraction of sp³-hybridized carbons (Fsp3) is 0.312. The van der Waals surface area contributed by atoms with Crippen LogP contribution in [0.1, 0.15) is 18.6 Å². The molecule has 5 heteroatoms. The van der Waals surface area contributed by atoms with E-state index < -0.39 is 17.8 Å². The van der Waals surface area contributed by atoms with Crippen LogP contribution < -0.4 is 10.4 Å². The molecule has 2 rings (SSSR count). The van der Waals surface area contributed by atoms with E-state index in [-0.39, 0.29) is 0 Å². The van der Waals surface area contributed by atoms with Crippen LogP contribution in [0.25, 0.3) is 11.0 Å². The van der Waals surface area contributed by atoms with Crippen molar-refractivity contribution < 1.29 is 19.0 Å². The minimum Gasteiger partial charge on any atom is -0.496 e. The van der Waals surface area contributed by atoms with Crippen molar-refractivity contribution in [3.63, 3.8) is 0 Å². The number of aliphatic hydroxyl groups is 1. The molecule has 1 heterocycles. The van der Waals surface area contributed by atoms with Crippen LogP contribution in [0.5, 0.6) is 5.75 Å². The van der Waals surface area contributed by atoms with Gasteiger partial charge in [0.2, 0.25) is 0 Å². The molecular formula is C16H18O5. The lowest BCUT2D eigenvalue weighted by molar-refractivity contribution is 0.00452. The lowest BCUT2D eigenvalue weighted by Crippen LogP contribution is -2.22. The topological polar surface area (TPSA) is 68.9 Å². The van der Waals surface area contributed by atoms with Crippen LogP contribution in [0.15, 0.2) is 45.6 Å². The number of hydrogen-bond donors (Lipinski definition) is 1. The maximum absolute atomic E-state index is 11.5. The molecule has 0 bridgehead atoms. The zero-order chi connectivity index (χ0) is 15.6. The Hall–Kier alpha value is -2.11. The molecule has 0 fully saturated rings. The summed E-state index contributed by atoms with van der Waals surface area (Å²) < 4.78 is 16.0. The fourth-order valence-corrected chi connectivity index (χ4v) is 2.25. The van der Waals surface area contributed by atoms with Crippen molar-refractivity contribution in [2.24, 2.45) is 0 Å². The first kappa shape index (κ1) is 15.3. The molecule has 5 nitrogen and oxygen atoms in total. The maximum atomic E-state index is 11.5. The van der Waals surface area contributed by atoms with Crippen molar-refractivity contribution in [2.75, 3.05) is 14.2 Å². The van der Waals surface area contributed by atoms with E-state index in [0.717, 1.165) is 5.39 Å². The number of fused-ring (bicyclic) bond motifs is 1. The van der Waals surface area contributed by atoms with Crippen molar-refractivity contribution in [3.05, 3.63) is 52.4 Å². The molecule has 112 valence electrons. The summed E-state index contributed by atoms with van der Waals surface area (Å²) in [4.78, 5) is 11.5. The largest absolute Gasteiger partial charge is 0.496 e. The molecule has 1 aromatic heterocycles. The molecule has 0 unspecified atom stereocenters. The van der Waals surface area contributed by atoms with Crippen molar-refractivity contribution in [1.29, 1.82) is 0 Å². The van der Waals surface area contributed by atoms with Gasteiger partial charge in [-0.2, -0.15) is 0 Å². The van der Waals surface area contributed by atoms with Crippen molar-refractivity contribution in [1.82, 2.24) is 0 Å². The lowest BCUT2D eigenvalue weighted by Gasteiger charge is -2.24. The molecule has 0 saturated carbocycles. The number of methoxy groups -OCH3 is 2. The van der Waals surface area contributed by atoms with E-state index >= 15 is 0 Å². The van der Waals surface area contributed by atoms with Crippen LogP contribution in [-0.2, 0) is 4.74 Å². The van der Waals surface area contributed by atoms with Gasteiger partial charge in [-0.25, -0.2) is 4.79 Å². The van der Waals surface area contributed by atoms with Crippen LogP contribution in [0.4, 0.5) is 0 Å². The SMILES string of the molecule is C=C(C)[C@H](O)[C@H](OC)c1c(OC)ccc2ccc(=O)oc12. The van der Waals surface area contributed by atoms with Crippen LogP contribution >= 0.6 is 0 Å². The van der Waals surface area contributed by atoms with Gasteiger partial charge in [0.15, 0.2) is 0 Å². The number of rotatable bonds is 5. The third-order valence-corrected chi connectivity index (χ3v) is 3.34. The predicted octanol–water partition coefficient (Wildman–Crippen LogP) is 2.43. The second kappa shape index (κ2) is 6.11. The quantitative estimate of drug-likeness (QED) is 0.676. The van der Waals surface area contributed by atoms with Gasteiger partial charge < -0.3 is 19.0 Å². The smallest absolute Gasteiger partial charge is 0.336 e. The highest BCUT2D eigenvalue weighted by Crippen LogP contribution is 2.37. The van der Waals surface area contributed by atoms with Crippen molar-refractivity contribution in [2.45, 2.75) is 19.1 Å². The first-order valence-electron chi connectivity index (χ1n) is 6.46. The molecule has 0 aliphatic heterocycles. The predicted molar refractivity (Wildman–Crippen MR) is 79.6 cm³/mol. The number of aliphatic hydroxyl groups excluding tert-OH is 1. The second-order valence-electron chi connectivity index (χ2n) is 4.80. The van der Waals surface area contributed by atoms with Gasteiger partial charge in [-0.05, 0) is 30.7 Å². The van der Waals surface area contributed by atoms with Crippen molar-refractivity contribution >= 4 is 11.0 Å². The van der Waals surface area contributed by atoms with E-state index in [1.807, 2.05) is 0 Å². The van der Waals surface area contributed by atoms with Crippen LogP contribution in [0.2, 0.25) is 0 Å². The number of benzene rings is 1. The summed E-state index contributed by atoms with van der Waals surface area (Å²) in [6.45, 7) is 5.44. The standard InChI is InChI=1S/C16H18O5/c1-9(2)14(18)16(20-4)13-11(19-3)7-5-10-6-8-12(17)21-15(10)13/h5-8,14,16,18H,1H2,2-4H3/t14-,16+/m0/s1. The summed E-state index contributed by atoms with van der Waals surface area (Å²) in [6.07, 6.45) is -1.69. The Morgan fingerprint density at radius 2 is 1.95 bits per heavy atom. The van der Waals surface area contributed by atoms with Gasteiger partial charge in [0, 0.05) is 18.6 Å². The molecule has 0 saturated heterocycles. The fourth-order valence-electron chi connectivity index (χ4n) is 2.25. The molecule has 0 amide bonds. The second-order valence-corrected chi connectivity index (χ2v) is 4.80. The highest BCUT2D eigenvalue weighted by molar-refractivity contribution is 5.82. The molecule has 0 aliphatic carbocycles. The molecule has 0 spiro atoms. The lowest BCUT2D eigenvalue weighted by atomic mass is 9.97. The first-order valence-corrected chi connectivity index (χ1v) is 6.46. The maximum Gasteiger partial charge on any atom is 0.336 e. The van der Waals surface area contributed by atoms with Gasteiger partial charge in [-0.15, -0.1) is 0 Å². The Labute approximate surface area is 122 Å². The highest BCUT2D eigenvalue weighted by atomic mass is 16.5. The number of ether oxygens (including phenoxy) is 2. The minimum absolute atomic E-state index is 0.342. The molecule has 0 aliphatic rings. The highest BCUT2D eigenvalue weighted by Gasteiger charge is 2.28. The summed E-state index contributed by atoms with van der Waals surface area (Å²) in [7, 11) is 2.97. The third kappa shape index (κ3) is 2.84. The van der Waals surface area contributed by atoms with E-state index in [0.29, 0.717) is 22.5 Å². The summed E-state index contributed by atoms with van der Waals surface area (Å²) >= 11 is 0. The Morgan fingerprint density at radius 3 is 2.52 bits per heavy atom. The zero-order valence-electron chi connectivity index (χ0n) is 12.3. The van der Waals surface area contributed by atoms with E-state index in [4.69, 9.17) is 13.9 Å². The minimum atomic E-state index is -0.944. The van der Waals surface area contributed by atoms with Gasteiger partial charge >= 0.3 is 5.63 Å². The van der Waals surface area contributed by atoms with Gasteiger partial charge in [0.25, 0.3) is 0 Å². The molecule has 2 atom stereocenters. The Balaban J connectivity index is 2.76. The summed E-state index contributed by atoms with van der Waals surface area (Å²) in [6, 6.07) is 6.52. The Kier molecular flexibility index (Phi) is 4.45. The summed E-state index contributed by atoms with van der Waals surface area (Å²) in [5.41, 5.74) is 0.899. The summed E-state index contributed by atoms with van der Waals surface area (Å²) in [5.74, 6) is 0.476. The van der Waals surface area contributed by atoms with Crippen LogP contribution in [-0.4, -0.2) is 25.4 Å². The zero-order valence-corrected chi connectivity index (χ0v) is 12.3. The molecule has 1 aromatic carbocycles. The third-order valence-electron chi connectivity index (χ3n) is 3.34. The van der Waals surface area contributed by atoms with Gasteiger partial charge in [-0.3, -0.25) is 0 Å². The molecule has 21 heavy (non-hydrogen) atoms. The van der Waals surface area contributed by atoms with Gasteiger partial charge in [-0.1, -0.05) is 6.58 Å². The van der Waals surface area contributed by atoms with Gasteiger partial charge in [0.1, 0.15) is 23.5 Å². The van der Waals surface area contributed by atoms with E-state index in [2.05, 4.69) is 6.58 Å². The van der Waals surface area contributed by atoms with Crippen LogP contribution in [0.3, 0.4) is 0 Å². The van der Waals surface area contributed by atoms with Gasteiger partial charge in [0.05, 0.1) is 12.7 Å². The Morgan fingerprint density at radius 1 is 1.29 bits per heavy atom. The number of hydrogen-bond acceptors (Lipinski definition) is 5. The normalized spacial score (nSPS) is 13.9. The molecular weight excluding hydrogens is 272 g/mol. The monoisotopic (exact) mass is 290 g/mol. The molecule has 1 N–H and O–H groups in total. The van der Waals surface area contributed by atoms with E-state index in [1.165, 1.54) is 20.3 Å². The average molecular weight is 290 g/mol. The molecule has 0 radical (unpaired) electrons. The summed E-state index contributed by atoms with van der Waals surface area (Å²) in [5, 5.41) is 11.0. The first-order chi connectivity index (χ1) is 9.99.